The number of hydrogen-bond donors (Lipinski definition) is 0. The lowest BCUT2D eigenvalue weighted by Crippen LogP contribution is -2.28. The summed E-state index contributed by atoms with van der Waals surface area (Å²) < 4.78 is 11.0. The van der Waals surface area contributed by atoms with E-state index in [0.29, 0.717) is 25.4 Å². The second-order valence-electron chi connectivity index (χ2n) is 4.94. The maximum absolute atomic E-state index is 12.3. The van der Waals surface area contributed by atoms with E-state index in [1.54, 1.807) is 11.9 Å². The number of likely N-dealkylation sites (N-methyl/N-ethyl adjacent to an activating group) is 1. The summed E-state index contributed by atoms with van der Waals surface area (Å²) in [4.78, 5) is 14.0. The van der Waals surface area contributed by atoms with Gasteiger partial charge < -0.3 is 14.4 Å². The third-order valence-electron chi connectivity index (χ3n) is 3.49. The molecule has 1 heterocycles. The predicted octanol–water partition coefficient (Wildman–Crippen LogP) is 2.66. The molecule has 4 nitrogen and oxygen atoms in total. The second-order valence-corrected chi connectivity index (χ2v) is 4.94. The summed E-state index contributed by atoms with van der Waals surface area (Å²) in [5.74, 6) is 1.46. The van der Waals surface area contributed by atoms with Gasteiger partial charge in [0.05, 0.1) is 6.42 Å². The molecule has 0 saturated heterocycles. The van der Waals surface area contributed by atoms with Crippen molar-refractivity contribution < 1.29 is 14.3 Å². The van der Waals surface area contributed by atoms with E-state index in [2.05, 4.69) is 0 Å². The molecule has 2 aromatic carbocycles. The van der Waals surface area contributed by atoms with Gasteiger partial charge in [0.15, 0.2) is 11.5 Å². The zero-order valence-corrected chi connectivity index (χ0v) is 11.9. The number of benzene rings is 2. The van der Waals surface area contributed by atoms with Crippen molar-refractivity contribution in [1.29, 1.82) is 0 Å². The van der Waals surface area contributed by atoms with E-state index >= 15 is 0 Å². The number of carbonyl (C=O) groups is 1. The maximum atomic E-state index is 12.3. The zero-order chi connectivity index (χ0) is 14.7. The van der Waals surface area contributed by atoms with E-state index in [-0.39, 0.29) is 5.91 Å². The SMILES string of the molecule is CN(C(=O)Cc1ccccc1)c1ccc2c(c1)OCCO2. The minimum atomic E-state index is 0.0397. The third kappa shape index (κ3) is 2.99. The van der Waals surface area contributed by atoms with Crippen LogP contribution >= 0.6 is 0 Å². The molecular weight excluding hydrogens is 266 g/mol. The normalized spacial score (nSPS) is 12.8. The molecule has 0 saturated carbocycles. The highest BCUT2D eigenvalue weighted by molar-refractivity contribution is 5.94. The fraction of sp³-hybridized carbons (Fsp3) is 0.235. The number of nitrogens with zero attached hydrogens (tertiary/aromatic N) is 1. The van der Waals surface area contributed by atoms with Gasteiger partial charge in [-0.1, -0.05) is 30.3 Å². The molecule has 0 aliphatic carbocycles. The van der Waals surface area contributed by atoms with Crippen LogP contribution in [-0.4, -0.2) is 26.2 Å². The molecule has 108 valence electrons. The molecule has 2 aromatic rings. The summed E-state index contributed by atoms with van der Waals surface area (Å²) in [6.07, 6.45) is 0.381. The molecule has 0 spiro atoms. The smallest absolute Gasteiger partial charge is 0.231 e. The van der Waals surface area contributed by atoms with Gasteiger partial charge in [-0.2, -0.15) is 0 Å². The highest BCUT2D eigenvalue weighted by Crippen LogP contribution is 2.33. The molecule has 0 aromatic heterocycles. The summed E-state index contributed by atoms with van der Waals surface area (Å²) in [6.45, 7) is 1.10. The van der Waals surface area contributed by atoms with Crippen LogP contribution in [0.1, 0.15) is 5.56 Å². The highest BCUT2D eigenvalue weighted by Gasteiger charge is 2.16. The van der Waals surface area contributed by atoms with Crippen LogP contribution in [0.2, 0.25) is 0 Å². The van der Waals surface area contributed by atoms with Gasteiger partial charge in [-0.15, -0.1) is 0 Å². The average molecular weight is 283 g/mol. The highest BCUT2D eigenvalue weighted by atomic mass is 16.6. The van der Waals surface area contributed by atoms with E-state index in [4.69, 9.17) is 9.47 Å². The number of carbonyl (C=O) groups excluding carboxylic acids is 1. The first-order chi connectivity index (χ1) is 10.2. The van der Waals surface area contributed by atoms with Crippen molar-refractivity contribution in [3.63, 3.8) is 0 Å². The van der Waals surface area contributed by atoms with E-state index in [9.17, 15) is 4.79 Å². The molecular formula is C17H17NO3. The standard InChI is InChI=1S/C17H17NO3/c1-18(17(19)11-13-5-3-2-4-6-13)14-7-8-15-16(12-14)21-10-9-20-15/h2-8,12H,9-11H2,1H3. The number of rotatable bonds is 3. The van der Waals surface area contributed by atoms with Gasteiger partial charge in [0.1, 0.15) is 13.2 Å². The van der Waals surface area contributed by atoms with Crippen LogP contribution < -0.4 is 14.4 Å². The molecule has 0 unspecified atom stereocenters. The Morgan fingerprint density at radius 1 is 1.05 bits per heavy atom. The first kappa shape index (κ1) is 13.5. The van der Waals surface area contributed by atoms with Crippen LogP contribution in [0.25, 0.3) is 0 Å². The number of ether oxygens (including phenoxy) is 2. The molecule has 1 aliphatic rings. The molecule has 0 bridgehead atoms. The Morgan fingerprint density at radius 2 is 1.76 bits per heavy atom. The van der Waals surface area contributed by atoms with Crippen molar-refractivity contribution in [1.82, 2.24) is 0 Å². The lowest BCUT2D eigenvalue weighted by molar-refractivity contribution is -0.117. The molecule has 1 aliphatic heterocycles. The minimum Gasteiger partial charge on any atom is -0.486 e. The van der Waals surface area contributed by atoms with Crippen LogP contribution in [0.5, 0.6) is 11.5 Å². The average Bonchev–Trinajstić information content (AvgIpc) is 2.54. The Labute approximate surface area is 123 Å². The fourth-order valence-electron chi connectivity index (χ4n) is 2.27. The van der Waals surface area contributed by atoms with Gasteiger partial charge in [-0.25, -0.2) is 0 Å². The monoisotopic (exact) mass is 283 g/mol. The Bertz CT molecular complexity index is 640. The van der Waals surface area contributed by atoms with E-state index in [1.807, 2.05) is 48.5 Å². The number of fused-ring (bicyclic) bond motifs is 1. The topological polar surface area (TPSA) is 38.8 Å². The van der Waals surface area contributed by atoms with Crippen LogP contribution in [0.15, 0.2) is 48.5 Å². The molecule has 0 atom stereocenters. The molecule has 3 rings (SSSR count). The fourth-order valence-corrected chi connectivity index (χ4v) is 2.27. The molecule has 1 amide bonds. The quantitative estimate of drug-likeness (QED) is 0.869. The van der Waals surface area contributed by atoms with Crippen molar-refractivity contribution in [3.8, 4) is 11.5 Å². The van der Waals surface area contributed by atoms with Crippen molar-refractivity contribution in [3.05, 3.63) is 54.1 Å². The zero-order valence-electron chi connectivity index (χ0n) is 11.9. The van der Waals surface area contributed by atoms with Gasteiger partial charge >= 0.3 is 0 Å². The van der Waals surface area contributed by atoms with Gasteiger partial charge in [-0.05, 0) is 17.7 Å². The summed E-state index contributed by atoms with van der Waals surface area (Å²) in [6, 6.07) is 15.3. The van der Waals surface area contributed by atoms with Crippen LogP contribution in [0.3, 0.4) is 0 Å². The first-order valence-electron chi connectivity index (χ1n) is 6.94. The van der Waals surface area contributed by atoms with Crippen molar-refractivity contribution in [2.75, 3.05) is 25.2 Å². The lowest BCUT2D eigenvalue weighted by Gasteiger charge is -2.22. The van der Waals surface area contributed by atoms with Gasteiger partial charge in [0, 0.05) is 18.8 Å². The van der Waals surface area contributed by atoms with Crippen molar-refractivity contribution >= 4 is 11.6 Å². The van der Waals surface area contributed by atoms with Crippen LogP contribution in [0, 0.1) is 0 Å². The number of amides is 1. The minimum absolute atomic E-state index is 0.0397. The van der Waals surface area contributed by atoms with Gasteiger partial charge in [0.25, 0.3) is 0 Å². The molecule has 4 heteroatoms. The third-order valence-corrected chi connectivity index (χ3v) is 3.49. The summed E-state index contributed by atoms with van der Waals surface area (Å²) in [7, 11) is 1.77. The van der Waals surface area contributed by atoms with Gasteiger partial charge in [-0.3, -0.25) is 4.79 Å². The molecule has 0 fully saturated rings. The largest absolute Gasteiger partial charge is 0.486 e. The Balaban J connectivity index is 1.75. The first-order valence-corrected chi connectivity index (χ1v) is 6.94. The molecule has 21 heavy (non-hydrogen) atoms. The summed E-state index contributed by atoms with van der Waals surface area (Å²) in [5.41, 5.74) is 1.81. The van der Waals surface area contributed by atoms with E-state index < -0.39 is 0 Å². The Hall–Kier alpha value is -2.49. The maximum Gasteiger partial charge on any atom is 0.231 e. The number of anilines is 1. The van der Waals surface area contributed by atoms with Gasteiger partial charge in [0.2, 0.25) is 5.91 Å². The molecule has 0 radical (unpaired) electrons. The predicted molar refractivity (Wildman–Crippen MR) is 81.0 cm³/mol. The van der Waals surface area contributed by atoms with Crippen molar-refractivity contribution in [2.24, 2.45) is 0 Å². The molecule has 0 N–H and O–H groups in total. The number of hydrogen-bond acceptors (Lipinski definition) is 3. The Morgan fingerprint density at radius 3 is 2.52 bits per heavy atom. The lowest BCUT2D eigenvalue weighted by atomic mass is 10.1. The Kier molecular flexibility index (Phi) is 3.77. The van der Waals surface area contributed by atoms with Crippen LogP contribution in [0.4, 0.5) is 5.69 Å². The van der Waals surface area contributed by atoms with E-state index in [1.165, 1.54) is 0 Å². The second kappa shape index (κ2) is 5.87. The summed E-state index contributed by atoms with van der Waals surface area (Å²) in [5, 5.41) is 0. The van der Waals surface area contributed by atoms with E-state index in [0.717, 1.165) is 17.0 Å². The van der Waals surface area contributed by atoms with Crippen molar-refractivity contribution in [2.45, 2.75) is 6.42 Å². The summed E-state index contributed by atoms with van der Waals surface area (Å²) >= 11 is 0. The van der Waals surface area contributed by atoms with Crippen LogP contribution in [-0.2, 0) is 11.2 Å².